The SMILES string of the molecule is CCC1CCC(N(C)C[C@@H]2CCCN2)CC1. The lowest BCUT2D eigenvalue weighted by Crippen LogP contribution is -2.42. The highest BCUT2D eigenvalue weighted by Gasteiger charge is 2.25. The monoisotopic (exact) mass is 224 g/mol. The lowest BCUT2D eigenvalue weighted by molar-refractivity contribution is 0.153. The van der Waals surface area contributed by atoms with E-state index in [-0.39, 0.29) is 0 Å². The van der Waals surface area contributed by atoms with Gasteiger partial charge in [-0.15, -0.1) is 0 Å². The molecule has 2 nitrogen and oxygen atoms in total. The molecule has 1 N–H and O–H groups in total. The minimum absolute atomic E-state index is 0.772. The Morgan fingerprint density at radius 2 is 1.88 bits per heavy atom. The molecule has 0 aromatic carbocycles. The third-order valence-corrected chi connectivity index (χ3v) is 4.69. The number of hydrogen-bond acceptors (Lipinski definition) is 2. The molecule has 2 heteroatoms. The summed E-state index contributed by atoms with van der Waals surface area (Å²) in [7, 11) is 2.33. The number of hydrogen-bond donors (Lipinski definition) is 1. The van der Waals surface area contributed by atoms with Crippen LogP contribution in [0.1, 0.15) is 51.9 Å². The van der Waals surface area contributed by atoms with E-state index in [4.69, 9.17) is 0 Å². The van der Waals surface area contributed by atoms with Gasteiger partial charge in [-0.25, -0.2) is 0 Å². The van der Waals surface area contributed by atoms with E-state index in [1.807, 2.05) is 0 Å². The summed E-state index contributed by atoms with van der Waals surface area (Å²) in [5.74, 6) is 1.02. The van der Waals surface area contributed by atoms with E-state index in [2.05, 4.69) is 24.2 Å². The van der Waals surface area contributed by atoms with Gasteiger partial charge in [0.15, 0.2) is 0 Å². The van der Waals surface area contributed by atoms with Crippen molar-refractivity contribution in [2.24, 2.45) is 5.92 Å². The van der Waals surface area contributed by atoms with Crippen molar-refractivity contribution < 1.29 is 0 Å². The average molecular weight is 224 g/mol. The first kappa shape index (κ1) is 12.4. The van der Waals surface area contributed by atoms with Crippen LogP contribution in [0, 0.1) is 5.92 Å². The van der Waals surface area contributed by atoms with Gasteiger partial charge >= 0.3 is 0 Å². The zero-order chi connectivity index (χ0) is 11.4. The van der Waals surface area contributed by atoms with Crippen LogP contribution in [0.4, 0.5) is 0 Å². The van der Waals surface area contributed by atoms with E-state index in [1.165, 1.54) is 58.0 Å². The zero-order valence-electron chi connectivity index (χ0n) is 11.0. The quantitative estimate of drug-likeness (QED) is 0.790. The fourth-order valence-corrected chi connectivity index (χ4v) is 3.40. The standard InChI is InChI=1S/C14H28N2/c1-3-12-6-8-14(9-7-12)16(2)11-13-5-4-10-15-13/h12-15H,3-11H2,1-2H3/t12?,13-,14?/m0/s1. The van der Waals surface area contributed by atoms with Gasteiger partial charge < -0.3 is 10.2 Å². The smallest absolute Gasteiger partial charge is 0.0195 e. The second-order valence-corrected chi connectivity index (χ2v) is 5.82. The van der Waals surface area contributed by atoms with Crippen LogP contribution in [0.5, 0.6) is 0 Å². The van der Waals surface area contributed by atoms with Crippen LogP contribution >= 0.6 is 0 Å². The Balaban J connectivity index is 1.70. The molecular weight excluding hydrogens is 196 g/mol. The van der Waals surface area contributed by atoms with Gasteiger partial charge in [-0.1, -0.05) is 13.3 Å². The van der Waals surface area contributed by atoms with Crippen LogP contribution in [-0.2, 0) is 0 Å². The minimum Gasteiger partial charge on any atom is -0.313 e. The van der Waals surface area contributed by atoms with Crippen molar-refractivity contribution in [3.63, 3.8) is 0 Å². The highest BCUT2D eigenvalue weighted by atomic mass is 15.2. The molecule has 1 aliphatic carbocycles. The van der Waals surface area contributed by atoms with Gasteiger partial charge in [0.1, 0.15) is 0 Å². The first-order chi connectivity index (χ1) is 7.79. The molecule has 2 aliphatic rings. The van der Waals surface area contributed by atoms with E-state index in [9.17, 15) is 0 Å². The van der Waals surface area contributed by atoms with Crippen molar-refractivity contribution >= 4 is 0 Å². The highest BCUT2D eigenvalue weighted by molar-refractivity contribution is 4.82. The summed E-state index contributed by atoms with van der Waals surface area (Å²) in [5, 5.41) is 3.60. The maximum atomic E-state index is 3.60. The summed E-state index contributed by atoms with van der Waals surface area (Å²) in [6.07, 6.45) is 9.94. The Hall–Kier alpha value is -0.0800. The van der Waals surface area contributed by atoms with Crippen LogP contribution in [-0.4, -0.2) is 37.1 Å². The molecule has 0 spiro atoms. The summed E-state index contributed by atoms with van der Waals surface area (Å²) in [4.78, 5) is 2.62. The fourth-order valence-electron chi connectivity index (χ4n) is 3.40. The fraction of sp³-hybridized carbons (Fsp3) is 1.00. The van der Waals surface area contributed by atoms with Crippen LogP contribution in [0.3, 0.4) is 0 Å². The normalized spacial score (nSPS) is 35.8. The van der Waals surface area contributed by atoms with Crippen LogP contribution in [0.2, 0.25) is 0 Å². The van der Waals surface area contributed by atoms with Gasteiger partial charge in [0.05, 0.1) is 0 Å². The summed E-state index contributed by atoms with van der Waals surface area (Å²) in [5.41, 5.74) is 0. The van der Waals surface area contributed by atoms with E-state index in [0.717, 1.165) is 18.0 Å². The predicted molar refractivity (Wildman–Crippen MR) is 69.7 cm³/mol. The molecule has 2 fully saturated rings. The molecule has 94 valence electrons. The molecule has 1 atom stereocenters. The molecule has 2 rings (SSSR count). The lowest BCUT2D eigenvalue weighted by atomic mass is 9.84. The molecule has 1 aliphatic heterocycles. The molecule has 0 aromatic rings. The van der Waals surface area contributed by atoms with Crippen molar-refractivity contribution in [3.8, 4) is 0 Å². The van der Waals surface area contributed by atoms with Crippen LogP contribution in [0.25, 0.3) is 0 Å². The van der Waals surface area contributed by atoms with Gasteiger partial charge in [-0.2, -0.15) is 0 Å². The number of likely N-dealkylation sites (N-methyl/N-ethyl adjacent to an activating group) is 1. The largest absolute Gasteiger partial charge is 0.313 e. The van der Waals surface area contributed by atoms with Gasteiger partial charge in [0.25, 0.3) is 0 Å². The third-order valence-electron chi connectivity index (χ3n) is 4.69. The average Bonchev–Trinajstić information content (AvgIpc) is 2.82. The maximum Gasteiger partial charge on any atom is 0.0195 e. The molecular formula is C14H28N2. The highest BCUT2D eigenvalue weighted by Crippen LogP contribution is 2.29. The Labute approximate surface area is 101 Å². The molecule has 1 heterocycles. The molecule has 1 saturated carbocycles. The predicted octanol–water partition coefficient (Wildman–Crippen LogP) is 2.64. The second-order valence-electron chi connectivity index (χ2n) is 5.82. The van der Waals surface area contributed by atoms with Crippen molar-refractivity contribution in [2.45, 2.75) is 64.0 Å². The molecule has 16 heavy (non-hydrogen) atoms. The molecule has 0 bridgehead atoms. The Kier molecular flexibility index (Phi) is 4.66. The number of nitrogens with zero attached hydrogens (tertiary/aromatic N) is 1. The van der Waals surface area contributed by atoms with Crippen molar-refractivity contribution in [1.29, 1.82) is 0 Å². The Bertz CT molecular complexity index is 191. The number of nitrogens with one attached hydrogen (secondary N) is 1. The van der Waals surface area contributed by atoms with E-state index >= 15 is 0 Å². The first-order valence-electron chi connectivity index (χ1n) is 7.23. The van der Waals surface area contributed by atoms with Crippen LogP contribution in [0.15, 0.2) is 0 Å². The van der Waals surface area contributed by atoms with Gasteiger partial charge in [0.2, 0.25) is 0 Å². The van der Waals surface area contributed by atoms with Crippen LogP contribution < -0.4 is 5.32 Å². The topological polar surface area (TPSA) is 15.3 Å². The summed E-state index contributed by atoms with van der Waals surface area (Å²) < 4.78 is 0. The first-order valence-corrected chi connectivity index (χ1v) is 7.23. The van der Waals surface area contributed by atoms with E-state index in [0.29, 0.717) is 0 Å². The van der Waals surface area contributed by atoms with E-state index < -0.39 is 0 Å². The van der Waals surface area contributed by atoms with Crippen molar-refractivity contribution in [2.75, 3.05) is 20.1 Å². The summed E-state index contributed by atoms with van der Waals surface area (Å²) in [6, 6.07) is 1.64. The molecule has 0 unspecified atom stereocenters. The molecule has 0 radical (unpaired) electrons. The molecule has 0 aromatic heterocycles. The third kappa shape index (κ3) is 3.21. The second kappa shape index (κ2) is 6.02. The summed E-state index contributed by atoms with van der Waals surface area (Å²) in [6.45, 7) is 4.85. The van der Waals surface area contributed by atoms with Gasteiger partial charge in [0, 0.05) is 18.6 Å². The Morgan fingerprint density at radius 1 is 1.12 bits per heavy atom. The molecule has 0 amide bonds. The molecule has 1 saturated heterocycles. The summed E-state index contributed by atoms with van der Waals surface area (Å²) >= 11 is 0. The maximum absolute atomic E-state index is 3.60. The van der Waals surface area contributed by atoms with E-state index in [1.54, 1.807) is 0 Å². The zero-order valence-corrected chi connectivity index (χ0v) is 11.0. The van der Waals surface area contributed by atoms with Crippen molar-refractivity contribution in [3.05, 3.63) is 0 Å². The number of rotatable bonds is 4. The van der Waals surface area contributed by atoms with Crippen molar-refractivity contribution in [1.82, 2.24) is 10.2 Å². The Morgan fingerprint density at radius 3 is 2.44 bits per heavy atom. The van der Waals surface area contributed by atoms with Gasteiger partial charge in [-0.3, -0.25) is 0 Å². The lowest BCUT2D eigenvalue weighted by Gasteiger charge is -2.35. The minimum atomic E-state index is 0.772. The van der Waals surface area contributed by atoms with Gasteiger partial charge in [-0.05, 0) is 58.0 Å².